The van der Waals surface area contributed by atoms with Gasteiger partial charge >= 0.3 is 0 Å². The summed E-state index contributed by atoms with van der Waals surface area (Å²) in [5.74, 6) is 1.88. The normalized spacial score (nSPS) is 19.2. The first-order valence-electron chi connectivity index (χ1n) is 7.32. The van der Waals surface area contributed by atoms with E-state index in [1.165, 1.54) is 18.6 Å². The second kappa shape index (κ2) is 6.37. The Morgan fingerprint density at radius 2 is 2.19 bits per heavy atom. The number of likely N-dealkylation sites (tertiary alicyclic amines) is 1. The number of nitrogens with zero attached hydrogens (tertiary/aromatic N) is 2. The Bertz CT molecular complexity index is 581. The highest BCUT2D eigenvalue weighted by Gasteiger charge is 2.23. The fourth-order valence-electron chi connectivity index (χ4n) is 2.83. The number of benzene rings is 1. The summed E-state index contributed by atoms with van der Waals surface area (Å²) < 4.78 is 18.7. The molecule has 1 aliphatic rings. The minimum Gasteiger partial charge on any atom is -0.439 e. The smallest absolute Gasteiger partial charge is 0.209 e. The maximum Gasteiger partial charge on any atom is 0.209 e. The van der Waals surface area contributed by atoms with Crippen molar-refractivity contribution >= 4 is 0 Å². The Morgan fingerprint density at radius 1 is 1.38 bits per heavy atom. The molecule has 1 N–H and O–H groups in total. The van der Waals surface area contributed by atoms with Crippen LogP contribution in [0.5, 0.6) is 0 Å². The van der Waals surface area contributed by atoms with Gasteiger partial charge in [-0.05, 0) is 56.7 Å². The highest BCUT2D eigenvalue weighted by molar-refractivity contribution is 5.55. The van der Waals surface area contributed by atoms with Crippen molar-refractivity contribution in [3.05, 3.63) is 42.2 Å². The van der Waals surface area contributed by atoms with Gasteiger partial charge in [0, 0.05) is 12.1 Å². The molecular weight excluding hydrogens is 269 g/mol. The van der Waals surface area contributed by atoms with E-state index < -0.39 is 0 Å². The van der Waals surface area contributed by atoms with Crippen LogP contribution in [0, 0.1) is 11.7 Å². The standard InChI is InChI=1S/C16H20FN3O/c1-18-8-12-6-7-20(10-12)11-16-19-9-15(21-16)13-2-4-14(17)5-3-13/h2-5,9,12,18H,6-8,10-11H2,1H3. The molecule has 3 rings (SSSR count). The van der Waals surface area contributed by atoms with E-state index in [-0.39, 0.29) is 5.82 Å². The summed E-state index contributed by atoms with van der Waals surface area (Å²) in [5.41, 5.74) is 0.852. The minimum atomic E-state index is -0.244. The molecule has 1 aliphatic heterocycles. The Balaban J connectivity index is 1.62. The molecule has 1 aromatic carbocycles. The van der Waals surface area contributed by atoms with Crippen LogP contribution in [-0.4, -0.2) is 36.6 Å². The number of aromatic nitrogens is 1. The number of rotatable bonds is 5. The number of hydrogen-bond acceptors (Lipinski definition) is 4. The summed E-state index contributed by atoms with van der Waals surface area (Å²) in [7, 11) is 1.99. The zero-order valence-corrected chi connectivity index (χ0v) is 12.2. The molecule has 4 nitrogen and oxygen atoms in total. The summed E-state index contributed by atoms with van der Waals surface area (Å²) in [6.07, 6.45) is 2.93. The number of hydrogen-bond donors (Lipinski definition) is 1. The quantitative estimate of drug-likeness (QED) is 0.918. The monoisotopic (exact) mass is 289 g/mol. The van der Waals surface area contributed by atoms with Gasteiger partial charge in [-0.15, -0.1) is 0 Å². The molecule has 1 unspecified atom stereocenters. The van der Waals surface area contributed by atoms with Gasteiger partial charge in [0.15, 0.2) is 5.76 Å². The van der Waals surface area contributed by atoms with Crippen LogP contribution in [0.3, 0.4) is 0 Å². The maximum absolute atomic E-state index is 12.9. The van der Waals surface area contributed by atoms with E-state index in [9.17, 15) is 4.39 Å². The lowest BCUT2D eigenvalue weighted by molar-refractivity contribution is 0.281. The Labute approximate surface area is 124 Å². The predicted octanol–water partition coefficient (Wildman–Crippen LogP) is 2.52. The van der Waals surface area contributed by atoms with E-state index in [0.717, 1.165) is 37.6 Å². The summed E-state index contributed by atoms with van der Waals surface area (Å²) in [6, 6.07) is 6.28. The average molecular weight is 289 g/mol. The van der Waals surface area contributed by atoms with E-state index >= 15 is 0 Å². The van der Waals surface area contributed by atoms with Gasteiger partial charge in [0.25, 0.3) is 0 Å². The molecule has 1 fully saturated rings. The molecule has 0 saturated carbocycles. The molecule has 5 heteroatoms. The molecular formula is C16H20FN3O. The fourth-order valence-corrected chi connectivity index (χ4v) is 2.83. The van der Waals surface area contributed by atoms with Crippen LogP contribution in [0.15, 0.2) is 34.9 Å². The predicted molar refractivity (Wildman–Crippen MR) is 79.2 cm³/mol. The Kier molecular flexibility index (Phi) is 4.31. The van der Waals surface area contributed by atoms with Crippen LogP contribution in [0.1, 0.15) is 12.3 Å². The summed E-state index contributed by atoms with van der Waals surface area (Å²) in [4.78, 5) is 6.70. The molecule has 1 aromatic heterocycles. The SMILES string of the molecule is CNCC1CCN(Cc2ncc(-c3ccc(F)cc3)o2)C1. The average Bonchev–Trinajstić information content (AvgIpc) is 3.11. The molecule has 2 heterocycles. The molecule has 21 heavy (non-hydrogen) atoms. The molecule has 0 spiro atoms. The third kappa shape index (κ3) is 3.49. The molecule has 1 atom stereocenters. The molecule has 1 saturated heterocycles. The number of oxazole rings is 1. The van der Waals surface area contributed by atoms with Crippen molar-refractivity contribution in [1.29, 1.82) is 0 Å². The third-order valence-electron chi connectivity index (χ3n) is 3.90. The summed E-state index contributed by atoms with van der Waals surface area (Å²) >= 11 is 0. The summed E-state index contributed by atoms with van der Waals surface area (Å²) in [6.45, 7) is 3.96. The lowest BCUT2D eigenvalue weighted by atomic mass is 10.1. The lowest BCUT2D eigenvalue weighted by Gasteiger charge is -2.13. The lowest BCUT2D eigenvalue weighted by Crippen LogP contribution is -2.24. The Morgan fingerprint density at radius 3 is 2.95 bits per heavy atom. The molecule has 2 aromatic rings. The highest BCUT2D eigenvalue weighted by atomic mass is 19.1. The van der Waals surface area contributed by atoms with Gasteiger partial charge in [-0.3, -0.25) is 4.90 Å². The van der Waals surface area contributed by atoms with E-state index in [1.807, 2.05) is 7.05 Å². The van der Waals surface area contributed by atoms with Crippen LogP contribution in [0.2, 0.25) is 0 Å². The van der Waals surface area contributed by atoms with Gasteiger partial charge in [0.05, 0.1) is 12.7 Å². The Hall–Kier alpha value is -1.72. The van der Waals surface area contributed by atoms with Crippen LogP contribution >= 0.6 is 0 Å². The van der Waals surface area contributed by atoms with E-state index in [2.05, 4.69) is 15.2 Å². The van der Waals surface area contributed by atoms with Crippen molar-refractivity contribution in [2.75, 3.05) is 26.7 Å². The van der Waals surface area contributed by atoms with Crippen LogP contribution in [-0.2, 0) is 6.54 Å². The topological polar surface area (TPSA) is 41.3 Å². The van der Waals surface area contributed by atoms with Gasteiger partial charge in [-0.25, -0.2) is 9.37 Å². The van der Waals surface area contributed by atoms with Crippen molar-refractivity contribution in [2.24, 2.45) is 5.92 Å². The van der Waals surface area contributed by atoms with Crippen LogP contribution in [0.4, 0.5) is 4.39 Å². The van der Waals surface area contributed by atoms with E-state index in [4.69, 9.17) is 4.42 Å². The fraction of sp³-hybridized carbons (Fsp3) is 0.438. The third-order valence-corrected chi connectivity index (χ3v) is 3.90. The highest BCUT2D eigenvalue weighted by Crippen LogP contribution is 2.23. The maximum atomic E-state index is 12.9. The van der Waals surface area contributed by atoms with Gasteiger partial charge in [0.2, 0.25) is 5.89 Å². The van der Waals surface area contributed by atoms with E-state index in [0.29, 0.717) is 11.7 Å². The first-order valence-corrected chi connectivity index (χ1v) is 7.32. The molecule has 0 amide bonds. The van der Waals surface area contributed by atoms with Gasteiger partial charge in [0.1, 0.15) is 5.82 Å². The van der Waals surface area contributed by atoms with Crippen molar-refractivity contribution in [3.63, 3.8) is 0 Å². The van der Waals surface area contributed by atoms with Crippen LogP contribution < -0.4 is 5.32 Å². The first kappa shape index (κ1) is 14.2. The summed E-state index contributed by atoms with van der Waals surface area (Å²) in [5, 5.41) is 3.23. The van der Waals surface area contributed by atoms with Crippen molar-refractivity contribution < 1.29 is 8.81 Å². The number of halogens is 1. The first-order chi connectivity index (χ1) is 10.2. The molecule has 112 valence electrons. The zero-order valence-electron chi connectivity index (χ0n) is 12.2. The molecule has 0 bridgehead atoms. The largest absolute Gasteiger partial charge is 0.439 e. The second-order valence-electron chi connectivity index (χ2n) is 5.57. The van der Waals surface area contributed by atoms with E-state index in [1.54, 1.807) is 18.3 Å². The molecule has 0 radical (unpaired) electrons. The van der Waals surface area contributed by atoms with Crippen molar-refractivity contribution in [3.8, 4) is 11.3 Å². The van der Waals surface area contributed by atoms with Gasteiger partial charge in [-0.2, -0.15) is 0 Å². The molecule has 0 aliphatic carbocycles. The van der Waals surface area contributed by atoms with Gasteiger partial charge in [-0.1, -0.05) is 0 Å². The van der Waals surface area contributed by atoms with Crippen LogP contribution in [0.25, 0.3) is 11.3 Å². The van der Waals surface area contributed by atoms with Crippen molar-refractivity contribution in [2.45, 2.75) is 13.0 Å². The second-order valence-corrected chi connectivity index (χ2v) is 5.57. The zero-order chi connectivity index (χ0) is 14.7. The van der Waals surface area contributed by atoms with Crippen molar-refractivity contribution in [1.82, 2.24) is 15.2 Å². The number of nitrogens with one attached hydrogen (secondary N) is 1. The van der Waals surface area contributed by atoms with Gasteiger partial charge < -0.3 is 9.73 Å². The minimum absolute atomic E-state index is 0.244.